The Balaban J connectivity index is 2.08. The third kappa shape index (κ3) is 2.41. The molecule has 0 unspecified atom stereocenters. The molecule has 0 aliphatic rings. The number of rotatable bonds is 3. The van der Waals surface area contributed by atoms with Crippen molar-refractivity contribution in [1.29, 1.82) is 0 Å². The minimum absolute atomic E-state index is 0.0945. The maximum atomic E-state index is 12.7. The minimum atomic E-state index is -0.422. The van der Waals surface area contributed by atoms with Crippen LogP contribution in [-0.2, 0) is 7.05 Å². The summed E-state index contributed by atoms with van der Waals surface area (Å²) in [5.41, 5.74) is 0.0349. The Bertz CT molecular complexity index is 948. The highest BCUT2D eigenvalue weighted by Crippen LogP contribution is 2.22. The van der Waals surface area contributed by atoms with Crippen LogP contribution in [0.25, 0.3) is 11.1 Å². The molecule has 0 saturated carbocycles. The highest BCUT2D eigenvalue weighted by molar-refractivity contribution is 6.12. The van der Waals surface area contributed by atoms with E-state index >= 15 is 0 Å². The van der Waals surface area contributed by atoms with Gasteiger partial charge in [0.1, 0.15) is 23.3 Å². The lowest BCUT2D eigenvalue weighted by Gasteiger charge is -2.11. The van der Waals surface area contributed by atoms with Crippen LogP contribution in [0.15, 0.2) is 27.8 Å². The van der Waals surface area contributed by atoms with Crippen molar-refractivity contribution < 1.29 is 9.21 Å². The first-order valence-corrected chi connectivity index (χ1v) is 7.19. The van der Waals surface area contributed by atoms with Crippen molar-refractivity contribution in [3.63, 3.8) is 0 Å². The van der Waals surface area contributed by atoms with Crippen LogP contribution in [0.4, 0.5) is 5.82 Å². The van der Waals surface area contributed by atoms with Crippen molar-refractivity contribution >= 4 is 22.8 Å². The number of aromatic nitrogens is 4. The molecular weight excluding hydrogens is 298 g/mol. The number of anilines is 1. The van der Waals surface area contributed by atoms with E-state index in [1.54, 1.807) is 30.9 Å². The van der Waals surface area contributed by atoms with Crippen LogP contribution < -0.4 is 10.9 Å². The maximum absolute atomic E-state index is 12.7. The largest absolute Gasteiger partial charge is 0.442 e. The van der Waals surface area contributed by atoms with Crippen LogP contribution >= 0.6 is 0 Å². The second kappa shape index (κ2) is 5.38. The first-order valence-electron chi connectivity index (χ1n) is 7.19. The van der Waals surface area contributed by atoms with Gasteiger partial charge in [-0.15, -0.1) is 0 Å². The molecule has 1 N–H and O–H groups in total. The van der Waals surface area contributed by atoms with Gasteiger partial charge in [-0.25, -0.2) is 9.67 Å². The molecule has 1 amide bonds. The highest BCUT2D eigenvalue weighted by Gasteiger charge is 2.23. The van der Waals surface area contributed by atoms with Gasteiger partial charge in [0.15, 0.2) is 0 Å². The third-order valence-corrected chi connectivity index (χ3v) is 3.58. The fraction of sp³-hybridized carbons (Fsp3) is 0.333. The van der Waals surface area contributed by atoms with Crippen LogP contribution in [0.5, 0.6) is 0 Å². The number of aryl methyl sites for hydroxylation is 2. The summed E-state index contributed by atoms with van der Waals surface area (Å²) in [4.78, 5) is 29.0. The lowest BCUT2D eigenvalue weighted by atomic mass is 10.2. The smallest absolute Gasteiger partial charge is 0.265 e. The Morgan fingerprint density at radius 2 is 2.13 bits per heavy atom. The summed E-state index contributed by atoms with van der Waals surface area (Å²) in [5.74, 6) is 0.483. The first-order chi connectivity index (χ1) is 10.9. The number of furan rings is 1. The highest BCUT2D eigenvalue weighted by atomic mass is 16.3. The molecule has 0 spiro atoms. The summed E-state index contributed by atoms with van der Waals surface area (Å²) in [6, 6.07) is 1.79. The van der Waals surface area contributed by atoms with Gasteiger partial charge in [-0.1, -0.05) is 0 Å². The van der Waals surface area contributed by atoms with E-state index in [4.69, 9.17) is 4.42 Å². The maximum Gasteiger partial charge on any atom is 0.265 e. The van der Waals surface area contributed by atoms with Gasteiger partial charge in [0.25, 0.3) is 11.5 Å². The van der Waals surface area contributed by atoms with Crippen LogP contribution in [0, 0.1) is 6.92 Å². The summed E-state index contributed by atoms with van der Waals surface area (Å²) >= 11 is 0. The van der Waals surface area contributed by atoms with E-state index in [1.165, 1.54) is 10.9 Å². The molecule has 0 aromatic carbocycles. The Morgan fingerprint density at radius 1 is 1.39 bits per heavy atom. The minimum Gasteiger partial charge on any atom is -0.442 e. The normalized spacial score (nSPS) is 11.3. The van der Waals surface area contributed by atoms with Crippen molar-refractivity contribution in [1.82, 2.24) is 19.3 Å². The Morgan fingerprint density at radius 3 is 2.83 bits per heavy atom. The number of nitrogens with zero attached hydrogens (tertiary/aromatic N) is 4. The molecule has 0 radical (unpaired) electrons. The molecule has 0 fully saturated rings. The van der Waals surface area contributed by atoms with Crippen LogP contribution in [0.1, 0.15) is 36.0 Å². The molecule has 8 heteroatoms. The molecule has 3 rings (SSSR count). The van der Waals surface area contributed by atoms with E-state index in [2.05, 4.69) is 15.4 Å². The van der Waals surface area contributed by atoms with Gasteiger partial charge in [-0.3, -0.25) is 9.59 Å². The number of carbonyl (C=O) groups is 1. The van der Waals surface area contributed by atoms with Crippen LogP contribution in [-0.4, -0.2) is 25.2 Å². The zero-order valence-corrected chi connectivity index (χ0v) is 13.3. The summed E-state index contributed by atoms with van der Waals surface area (Å²) in [6.45, 7) is 5.55. The summed E-state index contributed by atoms with van der Waals surface area (Å²) in [6.07, 6.45) is 2.97. The van der Waals surface area contributed by atoms with E-state index in [0.29, 0.717) is 11.6 Å². The summed E-state index contributed by atoms with van der Waals surface area (Å²) in [5, 5.41) is 7.13. The van der Waals surface area contributed by atoms with Gasteiger partial charge in [0.2, 0.25) is 5.71 Å². The second-order valence-electron chi connectivity index (χ2n) is 5.58. The lowest BCUT2D eigenvalue weighted by molar-refractivity contribution is 0.102. The zero-order chi connectivity index (χ0) is 16.7. The molecule has 3 heterocycles. The fourth-order valence-corrected chi connectivity index (χ4v) is 2.46. The Kier molecular flexibility index (Phi) is 3.51. The molecule has 0 atom stereocenters. The number of amides is 1. The number of carbonyl (C=O) groups excluding carboxylic acids is 1. The molecular formula is C15H17N5O3. The molecule has 23 heavy (non-hydrogen) atoms. The van der Waals surface area contributed by atoms with Gasteiger partial charge in [0.05, 0.1) is 11.8 Å². The average molecular weight is 315 g/mol. The van der Waals surface area contributed by atoms with Gasteiger partial charge >= 0.3 is 0 Å². The molecule has 8 nitrogen and oxygen atoms in total. The van der Waals surface area contributed by atoms with Crippen molar-refractivity contribution in [3.8, 4) is 0 Å². The Hall–Kier alpha value is -2.90. The van der Waals surface area contributed by atoms with Crippen molar-refractivity contribution in [3.05, 3.63) is 40.3 Å². The molecule has 0 aliphatic heterocycles. The van der Waals surface area contributed by atoms with E-state index < -0.39 is 5.91 Å². The summed E-state index contributed by atoms with van der Waals surface area (Å²) < 4.78 is 8.44. The van der Waals surface area contributed by atoms with E-state index in [-0.39, 0.29) is 28.3 Å². The molecule has 3 aromatic rings. The number of hydrogen-bond acceptors (Lipinski definition) is 5. The SMILES string of the molecule is Cc1oc2ncn(C)c(=O)c2c1C(=O)Nc1ccnn1C(C)C. The predicted octanol–water partition coefficient (Wildman–Crippen LogP) is 1.86. The van der Waals surface area contributed by atoms with Gasteiger partial charge in [-0.05, 0) is 20.8 Å². The van der Waals surface area contributed by atoms with E-state index in [9.17, 15) is 9.59 Å². The lowest BCUT2D eigenvalue weighted by Crippen LogP contribution is -2.21. The van der Waals surface area contributed by atoms with Gasteiger partial charge in [0, 0.05) is 19.2 Å². The third-order valence-electron chi connectivity index (χ3n) is 3.58. The molecule has 3 aromatic heterocycles. The van der Waals surface area contributed by atoms with Gasteiger partial charge < -0.3 is 14.3 Å². The summed E-state index contributed by atoms with van der Waals surface area (Å²) in [7, 11) is 1.58. The van der Waals surface area contributed by atoms with E-state index in [0.717, 1.165) is 0 Å². The van der Waals surface area contributed by atoms with Crippen molar-refractivity contribution in [2.75, 3.05) is 5.32 Å². The van der Waals surface area contributed by atoms with E-state index in [1.807, 2.05) is 13.8 Å². The quantitative estimate of drug-likeness (QED) is 0.796. The van der Waals surface area contributed by atoms with Gasteiger partial charge in [-0.2, -0.15) is 5.10 Å². The Labute approximate surface area is 131 Å². The fourth-order valence-electron chi connectivity index (χ4n) is 2.46. The topological polar surface area (TPSA) is 94.9 Å². The van der Waals surface area contributed by atoms with Crippen molar-refractivity contribution in [2.24, 2.45) is 7.05 Å². The predicted molar refractivity (Wildman–Crippen MR) is 84.6 cm³/mol. The molecule has 120 valence electrons. The number of hydrogen-bond donors (Lipinski definition) is 1. The van der Waals surface area contributed by atoms with Crippen molar-refractivity contribution in [2.45, 2.75) is 26.8 Å². The zero-order valence-electron chi connectivity index (χ0n) is 13.3. The monoisotopic (exact) mass is 315 g/mol. The molecule has 0 aliphatic carbocycles. The second-order valence-corrected chi connectivity index (χ2v) is 5.58. The standard InChI is InChI=1S/C15H17N5O3/c1-8(2)20-10(5-6-17-20)18-13(21)11-9(3)23-14-12(11)15(22)19(4)7-16-14/h5-8H,1-4H3,(H,18,21). The number of nitrogens with one attached hydrogen (secondary N) is 1. The van der Waals surface area contributed by atoms with Crippen LogP contribution in [0.2, 0.25) is 0 Å². The first kappa shape index (κ1) is 15.0. The average Bonchev–Trinajstić information content (AvgIpc) is 3.07. The molecule has 0 bridgehead atoms. The van der Waals surface area contributed by atoms with Crippen LogP contribution in [0.3, 0.4) is 0 Å². The molecule has 0 saturated heterocycles. The number of fused-ring (bicyclic) bond motifs is 1.